The van der Waals surface area contributed by atoms with Crippen LogP contribution in [0.1, 0.15) is 5.56 Å². The molecule has 0 spiro atoms. The lowest BCUT2D eigenvalue weighted by Gasteiger charge is -2.08. The number of hydrogen-bond donors (Lipinski definition) is 2. The number of halogens is 1. The second kappa shape index (κ2) is 6.74. The Morgan fingerprint density at radius 3 is 2.94 bits per heavy atom. The summed E-state index contributed by atoms with van der Waals surface area (Å²) < 4.78 is 5.09. The number of hydrogen-bond acceptors (Lipinski definition) is 4. The maximum Gasteiger partial charge on any atom is 0.321 e. The molecule has 17 heavy (non-hydrogen) atoms. The van der Waals surface area contributed by atoms with Gasteiger partial charge in [0.15, 0.2) is 0 Å². The number of carboxylic acid groups (broad SMARTS) is 1. The van der Waals surface area contributed by atoms with Crippen LogP contribution in [-0.4, -0.2) is 30.0 Å². The minimum absolute atomic E-state index is 0.350. The van der Waals surface area contributed by atoms with Crippen molar-refractivity contribution < 1.29 is 14.6 Å². The zero-order chi connectivity index (χ0) is 12.8. The van der Waals surface area contributed by atoms with Gasteiger partial charge in [0.25, 0.3) is 0 Å². The molecule has 1 rings (SSSR count). The molecule has 0 saturated heterocycles. The van der Waals surface area contributed by atoms with E-state index in [1.54, 1.807) is 19.2 Å². The number of aliphatic carboxylic acids is 1. The van der Waals surface area contributed by atoms with Crippen LogP contribution in [0.25, 0.3) is 0 Å². The van der Waals surface area contributed by atoms with Crippen LogP contribution in [0.15, 0.2) is 18.2 Å². The van der Waals surface area contributed by atoms with Crippen molar-refractivity contribution in [1.82, 2.24) is 0 Å². The van der Waals surface area contributed by atoms with Crippen molar-refractivity contribution in [2.45, 2.75) is 11.8 Å². The topological polar surface area (TPSA) is 72.5 Å². The van der Waals surface area contributed by atoms with Gasteiger partial charge in [0.05, 0.1) is 7.11 Å². The second-order valence-electron chi connectivity index (χ2n) is 3.42. The monoisotopic (exact) mass is 275 g/mol. The Morgan fingerprint density at radius 2 is 2.35 bits per heavy atom. The average molecular weight is 276 g/mol. The number of thioether (sulfide) groups is 1. The van der Waals surface area contributed by atoms with E-state index in [9.17, 15) is 4.79 Å². The average Bonchev–Trinajstić information content (AvgIpc) is 2.31. The molecular formula is C11H14ClNO3S. The lowest BCUT2D eigenvalue weighted by atomic mass is 10.2. The molecule has 0 bridgehead atoms. The zero-order valence-electron chi connectivity index (χ0n) is 9.35. The van der Waals surface area contributed by atoms with Gasteiger partial charge < -0.3 is 15.6 Å². The Hall–Kier alpha value is -0.910. The summed E-state index contributed by atoms with van der Waals surface area (Å²) in [6.07, 6.45) is 0. The van der Waals surface area contributed by atoms with Crippen molar-refractivity contribution in [3.63, 3.8) is 0 Å². The summed E-state index contributed by atoms with van der Waals surface area (Å²) in [6.45, 7) is 0. The number of methoxy groups -OCH3 is 1. The zero-order valence-corrected chi connectivity index (χ0v) is 10.9. The molecule has 1 aromatic rings. The summed E-state index contributed by atoms with van der Waals surface area (Å²) in [7, 11) is 1.58. The van der Waals surface area contributed by atoms with Crippen LogP contribution in [0.5, 0.6) is 5.75 Å². The van der Waals surface area contributed by atoms with Crippen molar-refractivity contribution >= 4 is 29.3 Å². The SMILES string of the molecule is COc1ccc(Cl)c(CSCC(N)C(=O)O)c1. The Kier molecular flexibility index (Phi) is 5.61. The predicted octanol–water partition coefficient (Wildman–Crippen LogP) is 1.99. The molecule has 94 valence electrons. The van der Waals surface area contributed by atoms with Gasteiger partial charge in [-0.2, -0.15) is 11.8 Å². The first-order valence-electron chi connectivity index (χ1n) is 4.93. The van der Waals surface area contributed by atoms with E-state index in [2.05, 4.69) is 0 Å². The third-order valence-electron chi connectivity index (χ3n) is 2.13. The fourth-order valence-electron chi connectivity index (χ4n) is 1.16. The highest BCUT2D eigenvalue weighted by Gasteiger charge is 2.11. The lowest BCUT2D eigenvalue weighted by Crippen LogP contribution is -2.32. The summed E-state index contributed by atoms with van der Waals surface area (Å²) in [5.41, 5.74) is 6.31. The summed E-state index contributed by atoms with van der Waals surface area (Å²) >= 11 is 7.44. The van der Waals surface area contributed by atoms with Gasteiger partial charge >= 0.3 is 5.97 Å². The third-order valence-corrected chi connectivity index (χ3v) is 3.60. The van der Waals surface area contributed by atoms with Crippen molar-refractivity contribution in [3.05, 3.63) is 28.8 Å². The molecule has 0 radical (unpaired) electrons. The smallest absolute Gasteiger partial charge is 0.321 e. The van der Waals surface area contributed by atoms with E-state index in [1.165, 1.54) is 11.8 Å². The first kappa shape index (κ1) is 14.2. The molecule has 0 saturated carbocycles. The molecule has 6 heteroatoms. The van der Waals surface area contributed by atoms with E-state index in [4.69, 9.17) is 27.2 Å². The molecule has 0 aliphatic heterocycles. The highest BCUT2D eigenvalue weighted by molar-refractivity contribution is 7.98. The summed E-state index contributed by atoms with van der Waals surface area (Å²) in [5.74, 6) is 0.696. The molecule has 1 unspecified atom stereocenters. The number of rotatable bonds is 6. The van der Waals surface area contributed by atoms with E-state index >= 15 is 0 Å². The van der Waals surface area contributed by atoms with Gasteiger partial charge in [-0.3, -0.25) is 4.79 Å². The molecule has 3 N–H and O–H groups in total. The Morgan fingerprint density at radius 1 is 1.65 bits per heavy atom. The number of ether oxygens (including phenoxy) is 1. The highest BCUT2D eigenvalue weighted by atomic mass is 35.5. The molecule has 1 aromatic carbocycles. The van der Waals surface area contributed by atoms with Crippen LogP contribution in [0.4, 0.5) is 0 Å². The van der Waals surface area contributed by atoms with Gasteiger partial charge in [0.2, 0.25) is 0 Å². The Balaban J connectivity index is 2.54. The number of nitrogens with two attached hydrogens (primary N) is 1. The molecular weight excluding hydrogens is 262 g/mol. The standard InChI is InChI=1S/C11H14ClNO3S/c1-16-8-2-3-9(12)7(4-8)5-17-6-10(13)11(14)15/h2-4,10H,5-6,13H2,1H3,(H,14,15). The van der Waals surface area contributed by atoms with Crippen molar-refractivity contribution in [3.8, 4) is 5.75 Å². The fourth-order valence-corrected chi connectivity index (χ4v) is 2.39. The summed E-state index contributed by atoms with van der Waals surface area (Å²) in [6, 6.07) is 4.53. The number of benzene rings is 1. The minimum Gasteiger partial charge on any atom is -0.497 e. The van der Waals surface area contributed by atoms with Gasteiger partial charge in [-0.05, 0) is 23.8 Å². The van der Waals surface area contributed by atoms with E-state index in [0.717, 1.165) is 11.3 Å². The minimum atomic E-state index is -0.991. The van der Waals surface area contributed by atoms with E-state index < -0.39 is 12.0 Å². The van der Waals surface area contributed by atoms with Gasteiger partial charge in [-0.25, -0.2) is 0 Å². The van der Waals surface area contributed by atoms with Gasteiger partial charge in [-0.1, -0.05) is 11.6 Å². The first-order valence-corrected chi connectivity index (χ1v) is 6.46. The van der Waals surface area contributed by atoms with Crippen LogP contribution in [-0.2, 0) is 10.5 Å². The van der Waals surface area contributed by atoms with Crippen molar-refractivity contribution in [2.75, 3.05) is 12.9 Å². The maximum absolute atomic E-state index is 10.5. The molecule has 4 nitrogen and oxygen atoms in total. The van der Waals surface area contributed by atoms with Crippen LogP contribution in [0.2, 0.25) is 5.02 Å². The van der Waals surface area contributed by atoms with E-state index in [-0.39, 0.29) is 0 Å². The van der Waals surface area contributed by atoms with Crippen molar-refractivity contribution in [1.29, 1.82) is 0 Å². The van der Waals surface area contributed by atoms with Crippen LogP contribution in [0.3, 0.4) is 0 Å². The molecule has 0 amide bonds. The van der Waals surface area contributed by atoms with Gasteiger partial charge in [0.1, 0.15) is 11.8 Å². The van der Waals surface area contributed by atoms with Crippen LogP contribution < -0.4 is 10.5 Å². The predicted molar refractivity (Wildman–Crippen MR) is 69.8 cm³/mol. The molecule has 0 heterocycles. The normalized spacial score (nSPS) is 12.2. The van der Waals surface area contributed by atoms with Crippen LogP contribution >= 0.6 is 23.4 Å². The molecule has 0 aliphatic rings. The lowest BCUT2D eigenvalue weighted by molar-refractivity contribution is -0.137. The second-order valence-corrected chi connectivity index (χ2v) is 4.85. The molecule has 1 atom stereocenters. The molecule has 0 fully saturated rings. The van der Waals surface area contributed by atoms with E-state index in [0.29, 0.717) is 16.5 Å². The molecule has 0 aromatic heterocycles. The van der Waals surface area contributed by atoms with Gasteiger partial charge in [0, 0.05) is 16.5 Å². The molecule has 0 aliphatic carbocycles. The Labute approximate surface area is 109 Å². The summed E-state index contributed by atoms with van der Waals surface area (Å²) in [5, 5.41) is 9.27. The van der Waals surface area contributed by atoms with Crippen molar-refractivity contribution in [2.24, 2.45) is 5.73 Å². The van der Waals surface area contributed by atoms with Gasteiger partial charge in [-0.15, -0.1) is 0 Å². The fraction of sp³-hybridized carbons (Fsp3) is 0.364. The number of carboxylic acids is 1. The Bertz CT molecular complexity index is 400. The quantitative estimate of drug-likeness (QED) is 0.831. The largest absolute Gasteiger partial charge is 0.497 e. The van der Waals surface area contributed by atoms with E-state index in [1.807, 2.05) is 6.07 Å². The van der Waals surface area contributed by atoms with Crippen LogP contribution in [0, 0.1) is 0 Å². The third kappa shape index (κ3) is 4.46. The maximum atomic E-state index is 10.5. The first-order chi connectivity index (χ1) is 8.04. The summed E-state index contributed by atoms with van der Waals surface area (Å²) in [4.78, 5) is 10.5. The number of carbonyl (C=O) groups is 1. The highest BCUT2D eigenvalue weighted by Crippen LogP contribution is 2.25.